The van der Waals surface area contributed by atoms with E-state index in [1.165, 1.54) is 11.1 Å². The highest BCUT2D eigenvalue weighted by Gasteiger charge is 2.34. The predicted octanol–water partition coefficient (Wildman–Crippen LogP) is 1.50. The molecular weight excluding hydrogens is 352 g/mol. The van der Waals surface area contributed by atoms with Crippen molar-refractivity contribution in [3.8, 4) is 11.5 Å². The molecule has 2 aromatic carbocycles. The van der Waals surface area contributed by atoms with Crippen molar-refractivity contribution in [1.82, 2.24) is 0 Å². The average Bonchev–Trinajstić information content (AvgIpc) is 2.87. The van der Waals surface area contributed by atoms with Crippen LogP contribution in [0.1, 0.15) is 23.1 Å². The van der Waals surface area contributed by atoms with Gasteiger partial charge in [-0.1, -0.05) is 35.9 Å². The summed E-state index contributed by atoms with van der Waals surface area (Å²) in [4.78, 5) is 13.2. The molecule has 0 fully saturated rings. The largest absolute Gasteiger partial charge is 0.489 e. The van der Waals surface area contributed by atoms with Crippen molar-refractivity contribution in [3.63, 3.8) is 0 Å². The van der Waals surface area contributed by atoms with Gasteiger partial charge in [0, 0.05) is 24.0 Å². The molecule has 0 spiro atoms. The van der Waals surface area contributed by atoms with Crippen LogP contribution in [-0.4, -0.2) is 25.2 Å². The first kappa shape index (κ1) is 17.2. The zero-order valence-corrected chi connectivity index (χ0v) is 15.2. The fourth-order valence-electron chi connectivity index (χ4n) is 3.80. The summed E-state index contributed by atoms with van der Waals surface area (Å²) < 4.78 is 11.5. The Kier molecular flexibility index (Phi) is 4.74. The molecule has 26 heavy (non-hydrogen) atoms. The Balaban J connectivity index is 1.62. The number of ether oxygens (including phenoxy) is 2. The minimum atomic E-state index is -0.269. The molecule has 1 amide bonds. The lowest BCUT2D eigenvalue weighted by Gasteiger charge is -2.32. The molecule has 4 rings (SSSR count). The fraction of sp³-hybridized carbons (Fsp3) is 0.350. The van der Waals surface area contributed by atoms with Gasteiger partial charge in [0.2, 0.25) is 0 Å². The number of nitrogens with one attached hydrogen (secondary N) is 1. The van der Waals surface area contributed by atoms with Crippen LogP contribution in [-0.2, 0) is 24.3 Å². The number of quaternary nitrogens is 1. The molecule has 2 atom stereocenters. The molecule has 0 saturated carbocycles. The normalized spacial score (nSPS) is 21.6. The summed E-state index contributed by atoms with van der Waals surface area (Å²) in [7, 11) is 0. The summed E-state index contributed by atoms with van der Waals surface area (Å²) >= 11 is 6.41. The number of nitrogens with two attached hydrogens (primary N) is 1. The summed E-state index contributed by atoms with van der Waals surface area (Å²) in [6.07, 6.45) is 1.50. The van der Waals surface area contributed by atoms with Crippen LogP contribution < -0.4 is 20.1 Å². The molecule has 6 heteroatoms. The second kappa shape index (κ2) is 7.17. The number of fused-ring (bicyclic) bond motifs is 2. The lowest BCUT2D eigenvalue weighted by Crippen LogP contribution is -3.15. The van der Waals surface area contributed by atoms with Crippen LogP contribution in [0.5, 0.6) is 11.5 Å². The number of hydrogen-bond acceptors (Lipinski definition) is 3. The van der Waals surface area contributed by atoms with E-state index in [0.29, 0.717) is 42.7 Å². The number of carbonyl (C=O) groups is 1. The summed E-state index contributed by atoms with van der Waals surface area (Å²) in [5, 5.41) is 0.548. The van der Waals surface area contributed by atoms with Crippen LogP contribution in [0.3, 0.4) is 0 Å². The monoisotopic (exact) mass is 373 g/mol. The Hall–Kier alpha value is -2.24. The molecule has 2 aromatic rings. The average molecular weight is 374 g/mol. The standard InChI is InChI=1S/C20H21ClN2O3/c21-16-8-13(9-18-19(16)26-7-3-6-25-18)11-23-12-15-5-2-1-4-14(15)10-17(23)20(22)24/h1-2,4-5,8-9,17H,3,6-7,10-12H2,(H2,22,24)/p+1/t17-/m0/s1. The molecule has 0 saturated heterocycles. The van der Waals surface area contributed by atoms with Gasteiger partial charge in [0.15, 0.2) is 17.5 Å². The number of rotatable bonds is 3. The van der Waals surface area contributed by atoms with E-state index in [0.717, 1.165) is 23.4 Å². The summed E-state index contributed by atoms with van der Waals surface area (Å²) in [5.41, 5.74) is 9.18. The van der Waals surface area contributed by atoms with Crippen LogP contribution in [0, 0.1) is 0 Å². The molecule has 2 heterocycles. The quantitative estimate of drug-likeness (QED) is 0.856. The van der Waals surface area contributed by atoms with E-state index in [1.807, 2.05) is 24.3 Å². The number of primary amides is 1. The van der Waals surface area contributed by atoms with Gasteiger partial charge in [0.25, 0.3) is 5.91 Å². The number of benzene rings is 2. The highest BCUT2D eigenvalue weighted by Crippen LogP contribution is 2.37. The number of carbonyl (C=O) groups excluding carboxylic acids is 1. The topological polar surface area (TPSA) is 66.0 Å². The predicted molar refractivity (Wildman–Crippen MR) is 98.6 cm³/mol. The van der Waals surface area contributed by atoms with Gasteiger partial charge in [-0.3, -0.25) is 4.79 Å². The van der Waals surface area contributed by atoms with E-state index in [1.54, 1.807) is 0 Å². The van der Waals surface area contributed by atoms with Gasteiger partial charge in [0.1, 0.15) is 13.1 Å². The van der Waals surface area contributed by atoms with Crippen molar-refractivity contribution < 1.29 is 19.2 Å². The van der Waals surface area contributed by atoms with Gasteiger partial charge in [-0.2, -0.15) is 0 Å². The molecule has 0 radical (unpaired) electrons. The van der Waals surface area contributed by atoms with Crippen molar-refractivity contribution in [2.45, 2.75) is 32.0 Å². The van der Waals surface area contributed by atoms with Crippen LogP contribution >= 0.6 is 11.6 Å². The van der Waals surface area contributed by atoms with Gasteiger partial charge >= 0.3 is 0 Å². The van der Waals surface area contributed by atoms with E-state index in [-0.39, 0.29) is 11.9 Å². The summed E-state index contributed by atoms with van der Waals surface area (Å²) in [6, 6.07) is 11.9. The first-order chi connectivity index (χ1) is 12.6. The fourth-order valence-corrected chi connectivity index (χ4v) is 4.08. The highest BCUT2D eigenvalue weighted by molar-refractivity contribution is 6.32. The molecule has 0 aliphatic carbocycles. The summed E-state index contributed by atoms with van der Waals surface area (Å²) in [5.74, 6) is 1.02. The zero-order chi connectivity index (χ0) is 18.1. The maximum absolute atomic E-state index is 12.0. The molecule has 2 aliphatic heterocycles. The molecule has 2 aliphatic rings. The SMILES string of the molecule is NC(=O)[C@@H]1Cc2ccccc2C[NH+]1Cc1cc(Cl)c2c(c1)OCCCO2. The Morgan fingerprint density at radius 1 is 1.19 bits per heavy atom. The van der Waals surface area contributed by atoms with E-state index >= 15 is 0 Å². The van der Waals surface area contributed by atoms with Crippen molar-refractivity contribution in [3.05, 3.63) is 58.1 Å². The number of amides is 1. The highest BCUT2D eigenvalue weighted by atomic mass is 35.5. The third kappa shape index (κ3) is 3.37. The molecule has 136 valence electrons. The van der Waals surface area contributed by atoms with Gasteiger partial charge in [-0.15, -0.1) is 0 Å². The van der Waals surface area contributed by atoms with Crippen molar-refractivity contribution in [2.75, 3.05) is 13.2 Å². The van der Waals surface area contributed by atoms with Crippen LogP contribution in [0.2, 0.25) is 5.02 Å². The van der Waals surface area contributed by atoms with Crippen molar-refractivity contribution in [1.29, 1.82) is 0 Å². The van der Waals surface area contributed by atoms with E-state index in [2.05, 4.69) is 12.1 Å². The Morgan fingerprint density at radius 3 is 2.77 bits per heavy atom. The smallest absolute Gasteiger partial charge is 0.276 e. The van der Waals surface area contributed by atoms with Gasteiger partial charge in [-0.25, -0.2) is 0 Å². The first-order valence-corrected chi connectivity index (χ1v) is 9.28. The number of hydrogen-bond donors (Lipinski definition) is 2. The lowest BCUT2D eigenvalue weighted by atomic mass is 9.93. The van der Waals surface area contributed by atoms with Gasteiger partial charge in [0.05, 0.1) is 18.2 Å². The maximum atomic E-state index is 12.0. The van der Waals surface area contributed by atoms with E-state index < -0.39 is 0 Å². The third-order valence-electron chi connectivity index (χ3n) is 5.09. The van der Waals surface area contributed by atoms with E-state index in [9.17, 15) is 4.79 Å². The van der Waals surface area contributed by atoms with Crippen LogP contribution in [0.25, 0.3) is 0 Å². The van der Waals surface area contributed by atoms with Crippen LogP contribution in [0.15, 0.2) is 36.4 Å². The Bertz CT molecular complexity index is 840. The van der Waals surface area contributed by atoms with Gasteiger partial charge in [-0.05, 0) is 17.7 Å². The molecule has 0 bridgehead atoms. The molecule has 5 nitrogen and oxygen atoms in total. The molecule has 0 aromatic heterocycles. The third-order valence-corrected chi connectivity index (χ3v) is 5.37. The second-order valence-corrected chi connectivity index (χ2v) is 7.30. The summed E-state index contributed by atoms with van der Waals surface area (Å²) in [6.45, 7) is 2.62. The minimum Gasteiger partial charge on any atom is -0.489 e. The second-order valence-electron chi connectivity index (χ2n) is 6.89. The van der Waals surface area contributed by atoms with Crippen LogP contribution in [0.4, 0.5) is 0 Å². The maximum Gasteiger partial charge on any atom is 0.276 e. The minimum absolute atomic E-state index is 0.250. The molecule has 1 unspecified atom stereocenters. The zero-order valence-electron chi connectivity index (χ0n) is 14.5. The Labute approximate surface area is 157 Å². The lowest BCUT2D eigenvalue weighted by molar-refractivity contribution is -0.945. The van der Waals surface area contributed by atoms with Crippen molar-refractivity contribution >= 4 is 17.5 Å². The first-order valence-electron chi connectivity index (χ1n) is 8.90. The molecule has 3 N–H and O–H groups in total. The molecular formula is C20H22ClN2O3+. The number of halogens is 1. The Morgan fingerprint density at radius 2 is 1.96 bits per heavy atom. The van der Waals surface area contributed by atoms with Crippen molar-refractivity contribution in [2.24, 2.45) is 5.73 Å². The van der Waals surface area contributed by atoms with Gasteiger partial charge < -0.3 is 20.1 Å². The van der Waals surface area contributed by atoms with E-state index in [4.69, 9.17) is 26.8 Å².